The van der Waals surface area contributed by atoms with Gasteiger partial charge in [0.25, 0.3) is 0 Å². The summed E-state index contributed by atoms with van der Waals surface area (Å²) in [6.07, 6.45) is -0.660. The fourth-order valence-corrected chi connectivity index (χ4v) is 0.327. The van der Waals surface area contributed by atoms with E-state index in [4.69, 9.17) is 0 Å². The summed E-state index contributed by atoms with van der Waals surface area (Å²) in [5.41, 5.74) is 0. The predicted octanol–water partition coefficient (Wildman–Crippen LogP) is 1.16. The zero-order chi connectivity index (χ0) is 8.53. The van der Waals surface area contributed by atoms with Crippen LogP contribution in [0.3, 0.4) is 0 Å². The van der Waals surface area contributed by atoms with E-state index < -0.39 is 6.08 Å². The van der Waals surface area contributed by atoms with Gasteiger partial charge in [0, 0.05) is 7.11 Å². The van der Waals surface area contributed by atoms with Crippen LogP contribution in [0.2, 0.25) is 0 Å². The molecule has 0 saturated carbocycles. The van der Waals surface area contributed by atoms with Gasteiger partial charge in [-0.25, -0.2) is 0 Å². The molecule has 0 aliphatic carbocycles. The minimum atomic E-state index is -2.00. The van der Waals surface area contributed by atoms with Crippen LogP contribution in [0.25, 0.3) is 0 Å². The van der Waals surface area contributed by atoms with Crippen LogP contribution in [0, 0.1) is 6.26 Å². The molecule has 0 amide bonds. The molecule has 65 valence electrons. The highest BCUT2D eigenvalue weighted by Gasteiger charge is 1.89. The predicted molar refractivity (Wildman–Crippen MR) is 32.8 cm³/mol. The Kier molecular flexibility index (Phi) is 6.97. The molecule has 0 aromatic carbocycles. The molecule has 5 heteroatoms. The van der Waals surface area contributed by atoms with Crippen molar-refractivity contribution in [1.29, 1.82) is 0 Å². The first-order valence-electron chi connectivity index (χ1n) is 2.90. The van der Waals surface area contributed by atoms with Gasteiger partial charge in [-0.2, -0.15) is 8.78 Å². The van der Waals surface area contributed by atoms with Gasteiger partial charge in [-0.05, 0) is 0 Å². The van der Waals surface area contributed by atoms with Crippen LogP contribution in [0.15, 0.2) is 6.08 Å². The molecule has 11 heavy (non-hydrogen) atoms. The molecule has 0 aliphatic rings. The molecule has 0 rings (SSSR count). The van der Waals surface area contributed by atoms with Crippen molar-refractivity contribution in [3.63, 3.8) is 0 Å². The summed E-state index contributed by atoms with van der Waals surface area (Å²) in [7, 11) is 1.51. The van der Waals surface area contributed by atoms with Gasteiger partial charge in [0.05, 0.1) is 13.2 Å². The number of hydrogen-bond donors (Lipinski definition) is 0. The average molecular weight is 167 g/mol. The van der Waals surface area contributed by atoms with E-state index in [9.17, 15) is 8.78 Å². The normalized spacial score (nSPS) is 9.36. The molecule has 0 aromatic rings. The van der Waals surface area contributed by atoms with Crippen molar-refractivity contribution in [2.24, 2.45) is 0 Å². The Balaban J connectivity index is 2.97. The molecular formula is C6H9F2O3. The van der Waals surface area contributed by atoms with Gasteiger partial charge in [-0.1, -0.05) is 0 Å². The minimum Gasteiger partial charge on any atom is -0.458 e. The zero-order valence-electron chi connectivity index (χ0n) is 6.10. The largest absolute Gasteiger partial charge is 0.458 e. The highest BCUT2D eigenvalue weighted by atomic mass is 19.3. The molecule has 0 N–H and O–H groups in total. The third-order valence-corrected chi connectivity index (χ3v) is 0.723. The molecule has 1 radical (unpaired) electrons. The van der Waals surface area contributed by atoms with Crippen LogP contribution in [-0.2, 0) is 14.2 Å². The van der Waals surface area contributed by atoms with E-state index in [0.717, 1.165) is 0 Å². The Morgan fingerprint density at radius 2 is 2.09 bits per heavy atom. The van der Waals surface area contributed by atoms with Gasteiger partial charge in [-0.3, -0.25) is 0 Å². The monoisotopic (exact) mass is 167 g/mol. The van der Waals surface area contributed by atoms with E-state index in [1.165, 1.54) is 13.4 Å². The highest BCUT2D eigenvalue weighted by Crippen LogP contribution is 1.94. The van der Waals surface area contributed by atoms with E-state index in [1.807, 2.05) is 0 Å². The van der Waals surface area contributed by atoms with Crippen LogP contribution in [0.5, 0.6) is 0 Å². The molecular weight excluding hydrogens is 158 g/mol. The van der Waals surface area contributed by atoms with E-state index in [-0.39, 0.29) is 6.79 Å². The third kappa shape index (κ3) is 9.32. The molecule has 0 spiro atoms. The second kappa shape index (κ2) is 7.43. The maximum absolute atomic E-state index is 11.2. The first-order chi connectivity index (χ1) is 5.27. The van der Waals surface area contributed by atoms with E-state index in [2.05, 4.69) is 14.2 Å². The molecule has 0 aliphatic heterocycles. The van der Waals surface area contributed by atoms with Gasteiger partial charge in [0.2, 0.25) is 6.26 Å². The van der Waals surface area contributed by atoms with Gasteiger partial charge >= 0.3 is 6.08 Å². The van der Waals surface area contributed by atoms with Crippen LogP contribution in [0.1, 0.15) is 0 Å². The number of methoxy groups -OCH3 is 1. The average Bonchev–Trinajstić information content (AvgIpc) is 1.96. The fourth-order valence-electron chi connectivity index (χ4n) is 0.327. The first kappa shape index (κ1) is 10.3. The van der Waals surface area contributed by atoms with Crippen molar-refractivity contribution in [3.05, 3.63) is 12.3 Å². The van der Waals surface area contributed by atoms with Crippen LogP contribution >= 0.6 is 0 Å². The smallest absolute Gasteiger partial charge is 0.316 e. The van der Waals surface area contributed by atoms with Crippen LogP contribution in [0.4, 0.5) is 8.78 Å². The Bertz CT molecular complexity index is 112. The van der Waals surface area contributed by atoms with Gasteiger partial charge < -0.3 is 14.2 Å². The Labute approximate surface area is 63.5 Å². The lowest BCUT2D eigenvalue weighted by atomic mass is 10.8. The van der Waals surface area contributed by atoms with Crippen molar-refractivity contribution < 1.29 is 23.0 Å². The Hall–Kier alpha value is -0.680. The van der Waals surface area contributed by atoms with Gasteiger partial charge in [0.1, 0.15) is 0 Å². The first-order valence-corrected chi connectivity index (χ1v) is 2.90. The minimum absolute atomic E-state index is 0.235. The third-order valence-electron chi connectivity index (χ3n) is 0.723. The SMILES string of the molecule is COCCOCO[C]=C(F)F. The summed E-state index contributed by atoms with van der Waals surface area (Å²) in [6, 6.07) is 0. The lowest BCUT2D eigenvalue weighted by molar-refractivity contribution is -0.0391. The molecule has 0 aromatic heterocycles. The number of hydrogen-bond acceptors (Lipinski definition) is 3. The fraction of sp³-hybridized carbons (Fsp3) is 0.667. The lowest BCUT2D eigenvalue weighted by Crippen LogP contribution is -2.03. The van der Waals surface area contributed by atoms with Crippen molar-refractivity contribution in [3.8, 4) is 0 Å². The quantitative estimate of drug-likeness (QED) is 0.337. The second-order valence-electron chi connectivity index (χ2n) is 1.53. The number of ether oxygens (including phenoxy) is 3. The molecule has 3 nitrogen and oxygen atoms in total. The molecule has 0 unspecified atom stereocenters. The standard InChI is InChI=1S/C6H9F2O3/c1-9-2-3-10-5-11-4-6(7)8/h2-3,5H2,1H3. The molecule has 0 heterocycles. The topological polar surface area (TPSA) is 27.7 Å². The van der Waals surface area contributed by atoms with Crippen molar-refractivity contribution in [2.45, 2.75) is 0 Å². The number of halogens is 2. The summed E-state index contributed by atoms with van der Waals surface area (Å²) in [5.74, 6) is 0. The molecule has 0 atom stereocenters. The van der Waals surface area contributed by atoms with Gasteiger partial charge in [0.15, 0.2) is 6.79 Å². The van der Waals surface area contributed by atoms with E-state index in [0.29, 0.717) is 13.2 Å². The highest BCUT2D eigenvalue weighted by molar-refractivity contribution is 4.59. The summed E-state index contributed by atoms with van der Waals surface area (Å²) >= 11 is 0. The maximum Gasteiger partial charge on any atom is 0.316 e. The molecule has 0 saturated heterocycles. The zero-order valence-corrected chi connectivity index (χ0v) is 6.10. The summed E-state index contributed by atoms with van der Waals surface area (Å²) in [6.45, 7) is 0.484. The lowest BCUT2D eigenvalue weighted by Gasteiger charge is -2.00. The van der Waals surface area contributed by atoms with Crippen molar-refractivity contribution in [2.75, 3.05) is 27.1 Å². The second-order valence-corrected chi connectivity index (χ2v) is 1.53. The Morgan fingerprint density at radius 1 is 1.36 bits per heavy atom. The molecule has 0 bridgehead atoms. The maximum atomic E-state index is 11.2. The summed E-state index contributed by atoms with van der Waals surface area (Å²) in [5, 5.41) is 0. The van der Waals surface area contributed by atoms with Crippen molar-refractivity contribution in [1.82, 2.24) is 0 Å². The van der Waals surface area contributed by atoms with E-state index in [1.54, 1.807) is 0 Å². The van der Waals surface area contributed by atoms with Crippen LogP contribution in [-0.4, -0.2) is 27.1 Å². The molecule has 0 fully saturated rings. The van der Waals surface area contributed by atoms with Crippen LogP contribution < -0.4 is 0 Å². The summed E-state index contributed by atoms with van der Waals surface area (Å²) < 4.78 is 35.8. The Morgan fingerprint density at radius 3 is 2.64 bits per heavy atom. The van der Waals surface area contributed by atoms with Crippen molar-refractivity contribution >= 4 is 0 Å². The van der Waals surface area contributed by atoms with Gasteiger partial charge in [-0.15, -0.1) is 0 Å². The van der Waals surface area contributed by atoms with E-state index >= 15 is 0 Å². The number of rotatable bonds is 6. The summed E-state index contributed by atoms with van der Waals surface area (Å²) in [4.78, 5) is 0.